The van der Waals surface area contributed by atoms with Gasteiger partial charge in [-0.3, -0.25) is 4.79 Å². The predicted octanol–water partition coefficient (Wildman–Crippen LogP) is 3.87. The van der Waals surface area contributed by atoms with E-state index in [9.17, 15) is 4.79 Å². The van der Waals surface area contributed by atoms with E-state index in [-0.39, 0.29) is 36.8 Å². The lowest BCUT2D eigenvalue weighted by Crippen LogP contribution is -2.32. The largest absolute Gasteiger partial charge is 0.399 e. The lowest BCUT2D eigenvalue weighted by Gasteiger charge is -2.26. The van der Waals surface area contributed by atoms with Gasteiger partial charge in [-0.15, -0.1) is 36.2 Å². The number of halogens is 2. The SMILES string of the molecule is CCc1nc(CC(=O)NC2CCCc3cc(N)ccc32)cs1.Cl.Cl. The number of hydrogen-bond donors (Lipinski definition) is 2. The highest BCUT2D eigenvalue weighted by Gasteiger charge is 2.22. The average molecular weight is 388 g/mol. The summed E-state index contributed by atoms with van der Waals surface area (Å²) in [4.78, 5) is 16.7. The topological polar surface area (TPSA) is 68.0 Å². The number of nitrogens with one attached hydrogen (secondary N) is 1. The van der Waals surface area contributed by atoms with Crippen molar-refractivity contribution in [1.29, 1.82) is 0 Å². The summed E-state index contributed by atoms with van der Waals surface area (Å²) in [5.41, 5.74) is 9.98. The summed E-state index contributed by atoms with van der Waals surface area (Å²) in [6.45, 7) is 2.08. The normalized spacial score (nSPS) is 15.6. The number of amides is 1. The van der Waals surface area contributed by atoms with E-state index in [2.05, 4.69) is 17.2 Å². The number of thiazole rings is 1. The molecule has 1 atom stereocenters. The highest BCUT2D eigenvalue weighted by molar-refractivity contribution is 7.09. The van der Waals surface area contributed by atoms with Crippen LogP contribution in [0.25, 0.3) is 0 Å². The van der Waals surface area contributed by atoms with Crippen LogP contribution in [0.2, 0.25) is 0 Å². The van der Waals surface area contributed by atoms with Gasteiger partial charge < -0.3 is 11.1 Å². The average Bonchev–Trinajstić information content (AvgIpc) is 2.94. The standard InChI is InChI=1S/C17H21N3OS.2ClH/c1-2-17-19-13(10-22-17)9-16(21)20-15-5-3-4-11-8-12(18)6-7-14(11)15;;/h6-8,10,15H,2-5,9,18H2,1H3,(H,20,21);2*1H. The number of nitrogens with two attached hydrogens (primary N) is 1. The van der Waals surface area contributed by atoms with E-state index >= 15 is 0 Å². The zero-order valence-corrected chi connectivity index (χ0v) is 16.0. The van der Waals surface area contributed by atoms with Crippen molar-refractivity contribution in [1.82, 2.24) is 10.3 Å². The summed E-state index contributed by atoms with van der Waals surface area (Å²) in [7, 11) is 0. The zero-order valence-electron chi connectivity index (χ0n) is 13.6. The Morgan fingerprint density at radius 2 is 2.21 bits per heavy atom. The molecule has 1 heterocycles. The number of benzene rings is 1. The van der Waals surface area contributed by atoms with Crippen LogP contribution in [0.15, 0.2) is 23.6 Å². The molecule has 4 nitrogen and oxygen atoms in total. The lowest BCUT2D eigenvalue weighted by molar-refractivity contribution is -0.121. The number of carbonyl (C=O) groups is 1. The fourth-order valence-electron chi connectivity index (χ4n) is 2.99. The minimum absolute atomic E-state index is 0. The quantitative estimate of drug-likeness (QED) is 0.782. The maximum absolute atomic E-state index is 12.3. The highest BCUT2D eigenvalue weighted by Crippen LogP contribution is 2.31. The first kappa shape index (κ1) is 20.7. The van der Waals surface area contributed by atoms with E-state index in [4.69, 9.17) is 5.73 Å². The molecule has 3 N–H and O–H groups in total. The summed E-state index contributed by atoms with van der Waals surface area (Å²) >= 11 is 1.62. The van der Waals surface area contributed by atoms with Crippen molar-refractivity contribution in [3.05, 3.63) is 45.4 Å². The molecule has 1 aliphatic carbocycles. The molecule has 1 aromatic heterocycles. The molecule has 0 saturated carbocycles. The molecule has 2 aromatic rings. The van der Waals surface area contributed by atoms with Gasteiger partial charge in [0, 0.05) is 11.1 Å². The van der Waals surface area contributed by atoms with Crippen molar-refractivity contribution in [3.63, 3.8) is 0 Å². The molecule has 132 valence electrons. The summed E-state index contributed by atoms with van der Waals surface area (Å²) in [5.74, 6) is 0.0441. The van der Waals surface area contributed by atoms with Crippen LogP contribution in [0, 0.1) is 0 Å². The molecule has 0 bridgehead atoms. The Labute approximate surface area is 159 Å². The first-order chi connectivity index (χ1) is 10.7. The van der Waals surface area contributed by atoms with Crippen LogP contribution in [0.3, 0.4) is 0 Å². The first-order valence-corrected chi connectivity index (χ1v) is 8.64. The fraction of sp³-hybridized carbons (Fsp3) is 0.412. The highest BCUT2D eigenvalue weighted by atomic mass is 35.5. The van der Waals surface area contributed by atoms with E-state index < -0.39 is 0 Å². The molecule has 0 fully saturated rings. The van der Waals surface area contributed by atoms with Gasteiger partial charge in [-0.25, -0.2) is 4.98 Å². The van der Waals surface area contributed by atoms with Crippen LogP contribution in [-0.4, -0.2) is 10.9 Å². The van der Waals surface area contributed by atoms with Gasteiger partial charge in [0.1, 0.15) is 0 Å². The monoisotopic (exact) mass is 387 g/mol. The third-order valence-corrected chi connectivity index (χ3v) is 5.10. The third-order valence-electron chi connectivity index (χ3n) is 4.06. The second kappa shape index (κ2) is 9.25. The number of anilines is 1. The second-order valence-corrected chi connectivity index (χ2v) is 6.68. The van der Waals surface area contributed by atoms with Crippen molar-refractivity contribution in [2.45, 2.75) is 45.1 Å². The van der Waals surface area contributed by atoms with Crippen molar-refractivity contribution in [2.24, 2.45) is 0 Å². The van der Waals surface area contributed by atoms with Gasteiger partial charge in [0.2, 0.25) is 5.91 Å². The van der Waals surface area contributed by atoms with Gasteiger partial charge in [0.15, 0.2) is 0 Å². The third kappa shape index (κ3) is 4.85. The van der Waals surface area contributed by atoms with E-state index in [1.165, 1.54) is 11.1 Å². The molecule has 0 radical (unpaired) electrons. The molecule has 24 heavy (non-hydrogen) atoms. The van der Waals surface area contributed by atoms with Gasteiger partial charge in [-0.1, -0.05) is 13.0 Å². The number of aromatic nitrogens is 1. The maximum Gasteiger partial charge on any atom is 0.226 e. The van der Waals surface area contributed by atoms with Crippen molar-refractivity contribution < 1.29 is 4.79 Å². The van der Waals surface area contributed by atoms with E-state index in [1.54, 1.807) is 11.3 Å². The molecular formula is C17H23Cl2N3OS. The molecule has 1 unspecified atom stereocenters. The molecular weight excluding hydrogens is 365 g/mol. The Hall–Kier alpha value is -1.30. The van der Waals surface area contributed by atoms with Gasteiger partial charge in [-0.2, -0.15) is 0 Å². The molecule has 7 heteroatoms. The van der Waals surface area contributed by atoms with Crippen LogP contribution >= 0.6 is 36.2 Å². The van der Waals surface area contributed by atoms with Crippen LogP contribution in [-0.2, 0) is 24.1 Å². The molecule has 0 saturated heterocycles. The lowest BCUT2D eigenvalue weighted by atomic mass is 9.87. The smallest absolute Gasteiger partial charge is 0.226 e. The zero-order chi connectivity index (χ0) is 15.5. The van der Waals surface area contributed by atoms with Crippen LogP contribution in [0.4, 0.5) is 5.69 Å². The Kier molecular flexibility index (Phi) is 8.00. The van der Waals surface area contributed by atoms with Gasteiger partial charge in [0.05, 0.1) is 23.2 Å². The van der Waals surface area contributed by atoms with E-state index in [1.807, 2.05) is 23.6 Å². The Morgan fingerprint density at radius 3 is 2.92 bits per heavy atom. The van der Waals surface area contributed by atoms with Gasteiger partial charge in [0.25, 0.3) is 0 Å². The van der Waals surface area contributed by atoms with Crippen molar-refractivity contribution >= 4 is 47.7 Å². The second-order valence-electron chi connectivity index (χ2n) is 5.73. The summed E-state index contributed by atoms with van der Waals surface area (Å²) in [6, 6.07) is 6.09. The van der Waals surface area contributed by atoms with Crippen LogP contribution < -0.4 is 11.1 Å². The molecule has 0 aliphatic heterocycles. The molecule has 3 rings (SSSR count). The number of hydrogen-bond acceptors (Lipinski definition) is 4. The molecule has 1 aliphatic rings. The molecule has 0 spiro atoms. The van der Waals surface area contributed by atoms with Gasteiger partial charge >= 0.3 is 0 Å². The number of nitrogen functional groups attached to an aromatic ring is 1. The van der Waals surface area contributed by atoms with Crippen molar-refractivity contribution in [2.75, 3.05) is 5.73 Å². The van der Waals surface area contributed by atoms with E-state index in [0.717, 1.165) is 42.1 Å². The number of fused-ring (bicyclic) bond motifs is 1. The Balaban J connectivity index is 0.00000144. The van der Waals surface area contributed by atoms with Crippen LogP contribution in [0.1, 0.15) is 47.6 Å². The predicted molar refractivity (Wildman–Crippen MR) is 104 cm³/mol. The Morgan fingerprint density at radius 1 is 1.42 bits per heavy atom. The van der Waals surface area contributed by atoms with Crippen LogP contribution in [0.5, 0.6) is 0 Å². The van der Waals surface area contributed by atoms with Crippen molar-refractivity contribution in [3.8, 4) is 0 Å². The Bertz CT molecular complexity index is 690. The van der Waals surface area contributed by atoms with Gasteiger partial charge in [-0.05, 0) is 48.9 Å². The first-order valence-electron chi connectivity index (χ1n) is 7.76. The number of rotatable bonds is 4. The number of carbonyl (C=O) groups excluding carboxylic acids is 1. The maximum atomic E-state index is 12.3. The molecule has 1 aromatic carbocycles. The fourth-order valence-corrected chi connectivity index (χ4v) is 3.73. The minimum atomic E-state index is 0. The number of nitrogens with zero attached hydrogens (tertiary/aromatic N) is 1. The summed E-state index contributed by atoms with van der Waals surface area (Å²) in [6.07, 6.45) is 4.39. The number of aryl methyl sites for hydroxylation is 2. The summed E-state index contributed by atoms with van der Waals surface area (Å²) in [5, 5.41) is 6.22. The minimum Gasteiger partial charge on any atom is -0.399 e. The summed E-state index contributed by atoms with van der Waals surface area (Å²) < 4.78 is 0. The van der Waals surface area contributed by atoms with E-state index in [0.29, 0.717) is 6.42 Å². The molecule has 1 amide bonds.